The molecule has 0 aromatic heterocycles. The second-order valence-electron chi connectivity index (χ2n) is 19.7. The van der Waals surface area contributed by atoms with Gasteiger partial charge in [-0.05, 0) is 86.6 Å². The number of aliphatic imine (C=N–C) groups is 1. The van der Waals surface area contributed by atoms with Gasteiger partial charge in [-0.25, -0.2) is 4.79 Å². The first kappa shape index (κ1) is 67.7. The molecular formula is C52H79N13O15. The predicted molar refractivity (Wildman–Crippen MR) is 290 cm³/mol. The fourth-order valence-electron chi connectivity index (χ4n) is 7.95. The number of aromatic hydroxyl groups is 1. The van der Waals surface area contributed by atoms with Crippen molar-refractivity contribution in [2.75, 3.05) is 19.6 Å². The Morgan fingerprint density at radius 2 is 0.963 bits per heavy atom. The highest BCUT2D eigenvalue weighted by molar-refractivity contribution is 5.98. The molecule has 20 N–H and O–H groups in total. The summed E-state index contributed by atoms with van der Waals surface area (Å²) in [5, 5.41) is 58.9. The van der Waals surface area contributed by atoms with E-state index in [2.05, 4.69) is 47.5 Å². The van der Waals surface area contributed by atoms with Crippen LogP contribution in [-0.4, -0.2) is 160 Å². The second-order valence-corrected chi connectivity index (χ2v) is 19.7. The SMILES string of the molecule is CC(C)C[C@H](NC(=O)[C@H](CCC(=O)O)NC(=O)[C@H](CCCCN)NC(=O)CN)C(=O)N[C@@H](CCCN=C(N)N)C(=O)N[C@@H](Cc1ccc(O)cc1)C(=O)N[C@@H](Cc1ccccc1)C(=O)N[C@@H](CC(=O)O)C(=O)N[C@H](C(=O)O)C(C)C. The van der Waals surface area contributed by atoms with Crippen LogP contribution < -0.4 is 65.5 Å². The van der Waals surface area contributed by atoms with Gasteiger partial charge in [-0.3, -0.25) is 52.9 Å². The molecule has 8 atom stereocenters. The monoisotopic (exact) mass is 1130 g/mol. The molecule has 28 nitrogen and oxygen atoms in total. The van der Waals surface area contributed by atoms with E-state index in [1.807, 2.05) is 0 Å². The summed E-state index contributed by atoms with van der Waals surface area (Å²) in [5.41, 5.74) is 23.0. The minimum Gasteiger partial charge on any atom is -0.508 e. The summed E-state index contributed by atoms with van der Waals surface area (Å²) < 4.78 is 0. The number of phenolic OH excluding ortho intramolecular Hbond substituents is 1. The van der Waals surface area contributed by atoms with Gasteiger partial charge in [-0.15, -0.1) is 0 Å². The molecule has 0 aliphatic rings. The molecule has 0 saturated carbocycles. The summed E-state index contributed by atoms with van der Waals surface area (Å²) in [4.78, 5) is 151. The number of carboxylic acid groups (broad SMARTS) is 3. The molecule has 0 unspecified atom stereocenters. The van der Waals surface area contributed by atoms with E-state index in [4.69, 9.17) is 22.9 Å². The Morgan fingerprint density at radius 1 is 0.512 bits per heavy atom. The van der Waals surface area contributed by atoms with Gasteiger partial charge in [0.05, 0.1) is 13.0 Å². The van der Waals surface area contributed by atoms with E-state index < -0.39 is 145 Å². The number of carbonyl (C=O) groups is 11. The van der Waals surface area contributed by atoms with Crippen LogP contribution in [-0.2, 0) is 65.6 Å². The number of phenols is 1. The first-order chi connectivity index (χ1) is 37.7. The van der Waals surface area contributed by atoms with Crippen molar-refractivity contribution in [1.29, 1.82) is 0 Å². The smallest absolute Gasteiger partial charge is 0.326 e. The van der Waals surface area contributed by atoms with Crippen molar-refractivity contribution in [3.05, 3.63) is 65.7 Å². The number of unbranched alkanes of at least 4 members (excludes halogenated alkanes) is 1. The van der Waals surface area contributed by atoms with Gasteiger partial charge in [-0.2, -0.15) is 0 Å². The van der Waals surface area contributed by atoms with Crippen LogP contribution in [0.25, 0.3) is 0 Å². The summed E-state index contributed by atoms with van der Waals surface area (Å²) in [6.45, 7) is 6.24. The van der Waals surface area contributed by atoms with Crippen LogP contribution in [0.3, 0.4) is 0 Å². The van der Waals surface area contributed by atoms with Crippen LogP contribution in [0.4, 0.5) is 0 Å². The predicted octanol–water partition coefficient (Wildman–Crippen LogP) is -2.68. The number of rotatable bonds is 37. The number of nitrogens with one attached hydrogen (secondary N) is 8. The number of carbonyl (C=O) groups excluding carboxylic acids is 8. The maximum Gasteiger partial charge on any atom is 0.326 e. The number of hydrogen-bond donors (Lipinski definition) is 16. The van der Waals surface area contributed by atoms with Gasteiger partial charge in [0.15, 0.2) is 5.96 Å². The van der Waals surface area contributed by atoms with Crippen molar-refractivity contribution in [2.45, 2.75) is 147 Å². The van der Waals surface area contributed by atoms with Crippen molar-refractivity contribution in [3.63, 3.8) is 0 Å². The van der Waals surface area contributed by atoms with E-state index in [9.17, 15) is 73.2 Å². The molecule has 0 bridgehead atoms. The van der Waals surface area contributed by atoms with Gasteiger partial charge in [0.2, 0.25) is 47.3 Å². The van der Waals surface area contributed by atoms with Crippen molar-refractivity contribution < 1.29 is 73.2 Å². The molecule has 28 heteroatoms. The zero-order chi connectivity index (χ0) is 60.1. The number of guanidine groups is 1. The van der Waals surface area contributed by atoms with Crippen LogP contribution in [0.2, 0.25) is 0 Å². The molecule has 2 aromatic carbocycles. The molecule has 0 aliphatic heterocycles. The van der Waals surface area contributed by atoms with Gasteiger partial charge in [0.25, 0.3) is 0 Å². The maximum absolute atomic E-state index is 14.6. The molecule has 8 amide bonds. The number of carboxylic acids is 3. The zero-order valence-electron chi connectivity index (χ0n) is 45.4. The molecule has 0 saturated heterocycles. The molecule has 0 aliphatic carbocycles. The molecule has 2 rings (SSSR count). The van der Waals surface area contributed by atoms with Crippen LogP contribution in [0.1, 0.15) is 96.6 Å². The van der Waals surface area contributed by atoms with Crippen LogP contribution >= 0.6 is 0 Å². The number of nitrogens with two attached hydrogens (primary N) is 4. The first-order valence-electron chi connectivity index (χ1n) is 26.1. The Morgan fingerprint density at radius 3 is 1.44 bits per heavy atom. The molecule has 0 fully saturated rings. The first-order valence-corrected chi connectivity index (χ1v) is 26.1. The van der Waals surface area contributed by atoms with Crippen LogP contribution in [0.5, 0.6) is 5.75 Å². The fourth-order valence-corrected chi connectivity index (χ4v) is 7.95. The molecular weight excluding hydrogens is 1050 g/mol. The third kappa shape index (κ3) is 25.8. The lowest BCUT2D eigenvalue weighted by molar-refractivity contribution is -0.144. The van der Waals surface area contributed by atoms with Crippen LogP contribution in [0.15, 0.2) is 59.6 Å². The summed E-state index contributed by atoms with van der Waals surface area (Å²) in [6.07, 6.45) is -1.80. The van der Waals surface area contributed by atoms with Gasteiger partial charge in [0, 0.05) is 25.8 Å². The molecule has 2 aromatic rings. The Bertz CT molecular complexity index is 2440. The molecule has 0 radical (unpaired) electrons. The van der Waals surface area contributed by atoms with E-state index in [-0.39, 0.29) is 69.2 Å². The number of aliphatic carboxylic acids is 3. The molecule has 442 valence electrons. The van der Waals surface area contributed by atoms with Crippen molar-refractivity contribution >= 4 is 71.1 Å². The highest BCUT2D eigenvalue weighted by Crippen LogP contribution is 2.15. The lowest BCUT2D eigenvalue weighted by atomic mass is 10.00. The lowest BCUT2D eigenvalue weighted by Crippen LogP contribution is -2.61. The standard InChI is InChI=1S/C52H79N13O15/c1-28(2)23-36(61-46(74)35(19-20-41(68)69)60-44(72)33(13-8-9-21-53)58-40(67)27-54)47(75)59-34(14-10-22-57-52(55)56)45(73)62-38(25-31-15-17-32(66)18-16-31)48(76)63-37(24-30-11-6-5-7-12-30)49(77)64-39(26-42(70)71)50(78)65-43(29(3)4)51(79)80/h5-7,11-12,15-18,28-29,33-39,43,66H,8-10,13-14,19-27,53-54H2,1-4H3,(H,58,67)(H,59,75)(H,60,72)(H,61,74)(H,62,73)(H,63,76)(H,64,77)(H,65,78)(H,68,69)(H,70,71)(H,79,80)(H4,55,56,57)/t33-,34-,35-,36-,37-,38-,39-,43-/m0/s1. The van der Waals surface area contributed by atoms with E-state index in [0.717, 1.165) is 0 Å². The number of hydrogen-bond acceptors (Lipinski definition) is 15. The quantitative estimate of drug-likeness (QED) is 0.0186. The van der Waals surface area contributed by atoms with Gasteiger partial charge in [-0.1, -0.05) is 70.2 Å². The highest BCUT2D eigenvalue weighted by Gasteiger charge is 2.36. The summed E-state index contributed by atoms with van der Waals surface area (Å²) >= 11 is 0. The van der Waals surface area contributed by atoms with Crippen LogP contribution in [0, 0.1) is 11.8 Å². The topological polar surface area (TPSA) is 481 Å². The molecule has 0 heterocycles. The third-order valence-electron chi connectivity index (χ3n) is 12.1. The highest BCUT2D eigenvalue weighted by atomic mass is 16.4. The minimum absolute atomic E-state index is 0.0406. The Balaban J connectivity index is 2.63. The Kier molecular flexibility index (Phi) is 29.8. The van der Waals surface area contributed by atoms with Crippen molar-refractivity contribution in [1.82, 2.24) is 42.5 Å². The Hall–Kier alpha value is -8.40. The summed E-state index contributed by atoms with van der Waals surface area (Å²) in [7, 11) is 0. The zero-order valence-corrected chi connectivity index (χ0v) is 45.4. The number of benzene rings is 2. The third-order valence-corrected chi connectivity index (χ3v) is 12.1. The largest absolute Gasteiger partial charge is 0.508 e. The van der Waals surface area contributed by atoms with E-state index in [1.54, 1.807) is 44.2 Å². The molecule has 0 spiro atoms. The van der Waals surface area contributed by atoms with Gasteiger partial charge < -0.3 is 85.9 Å². The number of amides is 8. The number of nitrogens with zero attached hydrogens (tertiary/aromatic N) is 1. The minimum atomic E-state index is -1.83. The average Bonchev–Trinajstić information content (AvgIpc) is 3.38. The van der Waals surface area contributed by atoms with Gasteiger partial charge >= 0.3 is 17.9 Å². The van der Waals surface area contributed by atoms with Gasteiger partial charge in [0.1, 0.15) is 54.1 Å². The normalized spacial score (nSPS) is 14.0. The second kappa shape index (κ2) is 35.2. The van der Waals surface area contributed by atoms with Crippen molar-refractivity contribution in [2.24, 2.45) is 39.8 Å². The lowest BCUT2D eigenvalue weighted by Gasteiger charge is -2.28. The summed E-state index contributed by atoms with van der Waals surface area (Å²) in [6, 6.07) is 1.59. The maximum atomic E-state index is 14.6. The Labute approximate surface area is 463 Å². The van der Waals surface area contributed by atoms with E-state index >= 15 is 0 Å². The molecule has 80 heavy (non-hydrogen) atoms. The fraction of sp³-hybridized carbons (Fsp3) is 0.538. The van der Waals surface area contributed by atoms with Crippen molar-refractivity contribution in [3.8, 4) is 5.75 Å². The van der Waals surface area contributed by atoms with E-state index in [0.29, 0.717) is 24.0 Å². The summed E-state index contributed by atoms with van der Waals surface area (Å²) in [5.74, 6) is -13.2. The average molecular weight is 1130 g/mol. The van der Waals surface area contributed by atoms with E-state index in [1.165, 1.54) is 38.1 Å².